The number of nitrogens with zero attached hydrogens (tertiary/aromatic N) is 1. The van der Waals surface area contributed by atoms with Crippen LogP contribution in [0.4, 0.5) is 11.4 Å². The van der Waals surface area contributed by atoms with Gasteiger partial charge in [-0.1, -0.05) is 105 Å². The van der Waals surface area contributed by atoms with Crippen molar-refractivity contribution in [3.05, 3.63) is 159 Å². The third-order valence-electron chi connectivity index (χ3n) is 13.4. The lowest BCUT2D eigenvalue weighted by atomic mass is 9.84. The zero-order valence-corrected chi connectivity index (χ0v) is 46.5. The maximum absolute atomic E-state index is 12.2. The van der Waals surface area contributed by atoms with Crippen LogP contribution in [0, 0.1) is 20.8 Å². The van der Waals surface area contributed by atoms with Crippen LogP contribution >= 0.6 is 12.4 Å². The van der Waals surface area contributed by atoms with Crippen molar-refractivity contribution in [1.82, 2.24) is 10.6 Å². The average molecular weight is 1080 g/mol. The number of anilines is 2. The van der Waals surface area contributed by atoms with E-state index >= 15 is 0 Å². The number of amides is 2. The summed E-state index contributed by atoms with van der Waals surface area (Å²) < 4.78 is 36.5. The summed E-state index contributed by atoms with van der Waals surface area (Å²) in [5, 5.41) is 10.6. The Labute approximate surface area is 456 Å². The van der Waals surface area contributed by atoms with Gasteiger partial charge in [0, 0.05) is 36.4 Å². The van der Waals surface area contributed by atoms with E-state index in [0.29, 0.717) is 54.5 Å². The summed E-state index contributed by atoms with van der Waals surface area (Å²) in [6.45, 7) is 11.3. The van der Waals surface area contributed by atoms with E-state index < -0.39 is 10.1 Å². The van der Waals surface area contributed by atoms with Crippen molar-refractivity contribution in [2.45, 2.75) is 141 Å². The molecule has 0 spiro atoms. The number of nitrogens with one attached hydrogen (secondary N) is 3. The van der Waals surface area contributed by atoms with Crippen LogP contribution in [-0.4, -0.2) is 58.5 Å². The number of halogens is 1. The van der Waals surface area contributed by atoms with Crippen LogP contribution in [0.15, 0.2) is 114 Å². The zero-order valence-electron chi connectivity index (χ0n) is 44.9. The summed E-state index contributed by atoms with van der Waals surface area (Å²) in [4.78, 5) is 47.2. The summed E-state index contributed by atoms with van der Waals surface area (Å²) in [7, 11) is -3.80. The quantitative estimate of drug-likeness (QED) is 0.0278. The number of carbonyl (C=O) groups is 4. The summed E-state index contributed by atoms with van der Waals surface area (Å²) in [6.07, 6.45) is 13.6. The first-order valence-electron chi connectivity index (χ1n) is 26.3. The largest absolute Gasteiger partial charge is 0.466 e. The van der Waals surface area contributed by atoms with E-state index in [9.17, 15) is 27.6 Å². The van der Waals surface area contributed by atoms with Crippen molar-refractivity contribution < 1.29 is 41.4 Å². The molecule has 2 aliphatic rings. The van der Waals surface area contributed by atoms with Crippen LogP contribution in [0.3, 0.4) is 0 Å². The van der Waals surface area contributed by atoms with Gasteiger partial charge in [0.05, 0.1) is 38.3 Å². The highest BCUT2D eigenvalue weighted by atomic mass is 35.5. The van der Waals surface area contributed by atoms with Crippen LogP contribution < -0.4 is 32.7 Å². The Balaban J connectivity index is 0.000000261. The van der Waals surface area contributed by atoms with Gasteiger partial charge in [0.1, 0.15) is 4.90 Å². The van der Waals surface area contributed by atoms with Gasteiger partial charge in [0.15, 0.2) is 0 Å². The van der Waals surface area contributed by atoms with E-state index in [4.69, 9.17) is 21.2 Å². The lowest BCUT2D eigenvalue weighted by Gasteiger charge is -2.23. The molecular formula is C59H79ClN6O9S. The highest BCUT2D eigenvalue weighted by Crippen LogP contribution is 2.34. The van der Waals surface area contributed by atoms with Crippen molar-refractivity contribution >= 4 is 57.7 Å². The molecule has 2 saturated carbocycles. The fourth-order valence-electron chi connectivity index (χ4n) is 9.55. The maximum Gasteiger partial charge on any atom is 0.313 e. The molecule has 7 rings (SSSR count). The van der Waals surface area contributed by atoms with E-state index in [0.717, 1.165) is 34.0 Å². The molecule has 2 fully saturated rings. The Hall–Kier alpha value is -6.30. The molecule has 2 amide bonds. The van der Waals surface area contributed by atoms with Gasteiger partial charge in [-0.15, -0.1) is 12.4 Å². The minimum absolute atomic E-state index is 0. The molecule has 5 aromatic rings. The second-order valence-electron chi connectivity index (χ2n) is 19.2. The minimum Gasteiger partial charge on any atom is -0.466 e. The van der Waals surface area contributed by atoms with Crippen LogP contribution in [-0.2, 0) is 46.6 Å². The second kappa shape index (κ2) is 32.3. The van der Waals surface area contributed by atoms with Gasteiger partial charge in [0.25, 0.3) is 11.8 Å². The second-order valence-corrected chi connectivity index (χ2v) is 20.7. The van der Waals surface area contributed by atoms with Gasteiger partial charge >= 0.3 is 22.1 Å². The van der Waals surface area contributed by atoms with Crippen molar-refractivity contribution in [1.29, 1.82) is 0 Å². The van der Waals surface area contributed by atoms with Gasteiger partial charge in [-0.3, -0.25) is 19.2 Å². The first-order valence-corrected chi connectivity index (χ1v) is 27.7. The van der Waals surface area contributed by atoms with Gasteiger partial charge in [-0.2, -0.15) is 18.6 Å². The molecule has 0 radical (unpaired) electrons. The van der Waals surface area contributed by atoms with Gasteiger partial charge in [-0.25, -0.2) is 5.84 Å². The number of rotatable bonds is 20. The normalized spacial score (nSPS) is 13.5. The van der Waals surface area contributed by atoms with E-state index in [1.807, 2.05) is 43.3 Å². The fraction of sp³-hybridized carbons (Fsp3) is 0.424. The molecule has 0 aliphatic heterocycles. The molecule has 0 heterocycles. The Bertz CT molecular complexity index is 2670. The number of nitrogens with two attached hydrogens (primary N) is 2. The number of benzene rings is 5. The highest BCUT2D eigenvalue weighted by Gasteiger charge is 2.20. The van der Waals surface area contributed by atoms with Crippen LogP contribution in [0.1, 0.15) is 162 Å². The van der Waals surface area contributed by atoms with E-state index in [1.165, 1.54) is 75.3 Å². The highest BCUT2D eigenvalue weighted by molar-refractivity contribution is 7.86. The Kier molecular flexibility index (Phi) is 26.5. The molecule has 17 heteroatoms. The van der Waals surface area contributed by atoms with Crippen LogP contribution in [0.2, 0.25) is 0 Å². The molecule has 0 saturated heterocycles. The fourth-order valence-corrected chi connectivity index (χ4v) is 10.5. The molecule has 76 heavy (non-hydrogen) atoms. The molecule has 0 atom stereocenters. The Morgan fingerprint density at radius 2 is 1.03 bits per heavy atom. The molecule has 5 aromatic carbocycles. The Morgan fingerprint density at radius 1 is 0.605 bits per heavy atom. The number of hydrogen-bond donors (Lipinski definition) is 5. The summed E-state index contributed by atoms with van der Waals surface area (Å²) in [5.74, 6) is 11.4. The molecule has 0 aromatic heterocycles. The van der Waals surface area contributed by atoms with Crippen LogP contribution in [0.25, 0.3) is 0 Å². The lowest BCUT2D eigenvalue weighted by molar-refractivity contribution is -0.143. The zero-order chi connectivity index (χ0) is 54.2. The van der Waals surface area contributed by atoms with Crippen molar-refractivity contribution in [2.24, 2.45) is 11.7 Å². The molecule has 2 aliphatic carbocycles. The first-order chi connectivity index (χ1) is 36.1. The third-order valence-corrected chi connectivity index (χ3v) is 14.8. The lowest BCUT2D eigenvalue weighted by Crippen LogP contribution is -2.30. The summed E-state index contributed by atoms with van der Waals surface area (Å²) >= 11 is 0. The average Bonchev–Trinajstić information content (AvgIpc) is 3.41. The smallest absolute Gasteiger partial charge is 0.313 e. The van der Waals surface area contributed by atoms with E-state index in [-0.39, 0.29) is 67.0 Å². The third kappa shape index (κ3) is 20.3. The van der Waals surface area contributed by atoms with E-state index in [1.54, 1.807) is 57.0 Å². The van der Waals surface area contributed by atoms with Crippen LogP contribution in [0.5, 0.6) is 0 Å². The summed E-state index contributed by atoms with van der Waals surface area (Å²) in [5.41, 5.74) is 10.5. The topological polar surface area (TPSA) is 221 Å². The maximum atomic E-state index is 12.2. The molecule has 412 valence electrons. The van der Waals surface area contributed by atoms with Gasteiger partial charge in [-0.05, 0) is 154 Å². The number of carbonyl (C=O) groups excluding carboxylic acids is 4. The SMILES string of the molecule is CCOC(=O)CCNC(=O)c1ccc(CN(N)c2ccc(C3CCCCC3)cc2)cc1.CCOC(=O)CCNC(=O)c1ccc(CNc2ccc(C3CCCCC3)cc2)cc1.Cc1cc(C)c(S(=O)(=O)ON)c(C)c1.Cl. The first kappa shape index (κ1) is 62.2. The van der Waals surface area contributed by atoms with Gasteiger partial charge < -0.3 is 30.4 Å². The summed E-state index contributed by atoms with van der Waals surface area (Å²) in [6, 6.07) is 35.8. The standard InChI is InChI=1S/C25H33N3O3.C25H32N2O3.C9H13NO3S.ClH/c1-2-31-24(29)16-17-27-25(30)22-10-8-19(9-11-22)18-28(26)23-14-12-21(13-15-23)20-6-4-3-5-7-20;1-2-30-24(28)16-17-26-25(29)22-10-8-19(9-11-22)18-27-23-14-12-21(13-15-23)20-6-4-3-5-7-20;1-6-4-7(2)9(8(3)5-6)14(11,12)13-10;/h8-15,20H,2-7,16-18,26H2,1H3,(H,27,30);8-15,20,27H,2-7,16-18H2,1H3,(H,26,29);4-5H,10H2,1-3H3;1H. The van der Waals surface area contributed by atoms with E-state index in [2.05, 4.69) is 68.8 Å². The Morgan fingerprint density at radius 3 is 1.45 bits per heavy atom. The monoisotopic (exact) mass is 1080 g/mol. The van der Waals surface area contributed by atoms with Crippen molar-refractivity contribution in [3.8, 4) is 0 Å². The van der Waals surface area contributed by atoms with Crippen molar-refractivity contribution in [2.75, 3.05) is 36.6 Å². The number of aryl methyl sites for hydroxylation is 3. The predicted molar refractivity (Wildman–Crippen MR) is 303 cm³/mol. The molecule has 0 unspecified atom stereocenters. The number of hydrogen-bond acceptors (Lipinski definition) is 13. The van der Waals surface area contributed by atoms with Gasteiger partial charge in [0.2, 0.25) is 0 Å². The number of ether oxygens (including phenoxy) is 2. The molecule has 15 nitrogen and oxygen atoms in total. The minimum atomic E-state index is -3.80. The number of esters is 2. The molecular weight excluding hydrogens is 1000 g/mol. The molecule has 0 bridgehead atoms. The van der Waals surface area contributed by atoms with Crippen molar-refractivity contribution in [3.63, 3.8) is 0 Å². The molecule has 7 N–H and O–H groups in total. The number of hydrazine groups is 1. The predicted octanol–water partition coefficient (Wildman–Crippen LogP) is 10.9.